The third-order valence-electron chi connectivity index (χ3n) is 6.25. The van der Waals surface area contributed by atoms with Crippen LogP contribution in [0.2, 0.25) is 0 Å². The SMILES string of the molecule is CCOc1ccc(C2C(=C(O)c3ccc(S(=O)(=O)N(C)C)cc3)C(=O)C(=O)N2CCCN(C)C)cc1OC. The number of carbonyl (C=O) groups excluding carboxylic acids is 2. The number of aliphatic hydroxyl groups excluding tert-OH is 1. The number of ether oxygens (including phenoxy) is 2. The van der Waals surface area contributed by atoms with Gasteiger partial charge in [0.1, 0.15) is 5.76 Å². The van der Waals surface area contributed by atoms with Gasteiger partial charge in [0.2, 0.25) is 10.0 Å². The first-order chi connectivity index (χ1) is 17.9. The molecule has 0 aliphatic carbocycles. The molecule has 1 saturated heterocycles. The number of nitrogens with zero attached hydrogens (tertiary/aromatic N) is 3. The number of hydrogen-bond acceptors (Lipinski definition) is 8. The van der Waals surface area contributed by atoms with Crippen molar-refractivity contribution >= 4 is 27.5 Å². The van der Waals surface area contributed by atoms with E-state index in [1.54, 1.807) is 18.2 Å². The lowest BCUT2D eigenvalue weighted by atomic mass is 9.95. The predicted octanol–water partition coefficient (Wildman–Crippen LogP) is 2.72. The Balaban J connectivity index is 2.14. The van der Waals surface area contributed by atoms with Crippen LogP contribution in [-0.4, -0.2) is 94.3 Å². The molecule has 1 fully saturated rings. The Morgan fingerprint density at radius 1 is 1.03 bits per heavy atom. The number of aliphatic hydroxyl groups is 1. The number of amides is 1. The van der Waals surface area contributed by atoms with Crippen LogP contribution in [0.5, 0.6) is 11.5 Å². The molecule has 11 heteroatoms. The zero-order valence-electron chi connectivity index (χ0n) is 22.6. The Hall–Kier alpha value is -3.41. The molecule has 10 nitrogen and oxygen atoms in total. The quantitative estimate of drug-likeness (QED) is 0.260. The van der Waals surface area contributed by atoms with Crippen LogP contribution in [0.25, 0.3) is 5.76 Å². The fourth-order valence-electron chi connectivity index (χ4n) is 4.29. The van der Waals surface area contributed by atoms with Gasteiger partial charge in [-0.05, 0) is 75.9 Å². The van der Waals surface area contributed by atoms with Crippen molar-refractivity contribution in [2.45, 2.75) is 24.3 Å². The molecule has 3 rings (SSSR count). The molecule has 0 bridgehead atoms. The molecular formula is C27H35N3O7S. The third kappa shape index (κ3) is 5.85. The minimum absolute atomic E-state index is 0.0380. The Morgan fingerprint density at radius 2 is 1.68 bits per heavy atom. The number of benzene rings is 2. The summed E-state index contributed by atoms with van der Waals surface area (Å²) >= 11 is 0. The van der Waals surface area contributed by atoms with Gasteiger partial charge in [0, 0.05) is 26.2 Å². The van der Waals surface area contributed by atoms with Gasteiger partial charge in [-0.2, -0.15) is 0 Å². The van der Waals surface area contributed by atoms with Gasteiger partial charge < -0.3 is 24.4 Å². The molecule has 1 unspecified atom stereocenters. The summed E-state index contributed by atoms with van der Waals surface area (Å²) in [6, 6.07) is 9.81. The molecule has 1 N–H and O–H groups in total. The lowest BCUT2D eigenvalue weighted by molar-refractivity contribution is -0.139. The van der Waals surface area contributed by atoms with E-state index in [4.69, 9.17) is 9.47 Å². The van der Waals surface area contributed by atoms with Crippen molar-refractivity contribution in [2.75, 3.05) is 55.0 Å². The molecule has 1 atom stereocenters. The van der Waals surface area contributed by atoms with Crippen molar-refractivity contribution in [3.8, 4) is 11.5 Å². The summed E-state index contributed by atoms with van der Waals surface area (Å²) in [6.07, 6.45) is 0.613. The van der Waals surface area contributed by atoms with Gasteiger partial charge in [0.25, 0.3) is 11.7 Å². The fourth-order valence-corrected chi connectivity index (χ4v) is 5.20. The van der Waals surface area contributed by atoms with Gasteiger partial charge in [-0.25, -0.2) is 12.7 Å². The minimum atomic E-state index is -3.68. The summed E-state index contributed by atoms with van der Waals surface area (Å²) in [5, 5.41) is 11.3. The molecule has 38 heavy (non-hydrogen) atoms. The van der Waals surface area contributed by atoms with E-state index in [0.717, 1.165) is 4.31 Å². The molecule has 2 aromatic rings. The second-order valence-corrected chi connectivity index (χ2v) is 11.5. The highest BCUT2D eigenvalue weighted by atomic mass is 32.2. The molecule has 1 heterocycles. The second-order valence-electron chi connectivity index (χ2n) is 9.30. The number of rotatable bonds is 11. The van der Waals surface area contributed by atoms with E-state index in [-0.39, 0.29) is 21.8 Å². The first kappa shape index (κ1) is 29.2. The summed E-state index contributed by atoms with van der Waals surface area (Å²) in [4.78, 5) is 29.9. The van der Waals surface area contributed by atoms with E-state index in [1.165, 1.54) is 50.4 Å². The Bertz CT molecular complexity index is 1320. The number of ketones is 1. The van der Waals surface area contributed by atoms with Crippen molar-refractivity contribution < 1.29 is 32.6 Å². The number of sulfonamides is 1. The highest BCUT2D eigenvalue weighted by Gasteiger charge is 2.46. The van der Waals surface area contributed by atoms with E-state index in [9.17, 15) is 23.1 Å². The van der Waals surface area contributed by atoms with Crippen LogP contribution in [-0.2, 0) is 19.6 Å². The molecule has 206 valence electrons. The van der Waals surface area contributed by atoms with Crippen LogP contribution in [0.15, 0.2) is 52.9 Å². The standard InChI is InChI=1S/C27H35N3O7S/c1-7-37-21-14-11-19(17-22(21)36-6)24-23(26(32)27(33)30(24)16-8-15-28(2)3)25(31)18-9-12-20(13-10-18)38(34,35)29(4)5/h9-14,17,24,31H,7-8,15-16H2,1-6H3. The van der Waals surface area contributed by atoms with Gasteiger partial charge in [-0.3, -0.25) is 9.59 Å². The molecule has 1 aliphatic heterocycles. The first-order valence-electron chi connectivity index (χ1n) is 12.2. The summed E-state index contributed by atoms with van der Waals surface area (Å²) in [5.74, 6) is -0.960. The summed E-state index contributed by atoms with van der Waals surface area (Å²) in [5.41, 5.74) is 0.717. The molecule has 1 aliphatic rings. The van der Waals surface area contributed by atoms with Crippen LogP contribution in [0.1, 0.15) is 30.5 Å². The third-order valence-corrected chi connectivity index (χ3v) is 8.08. The summed E-state index contributed by atoms with van der Waals surface area (Å²) < 4.78 is 37.1. The van der Waals surface area contributed by atoms with Gasteiger partial charge in [-0.15, -0.1) is 0 Å². The van der Waals surface area contributed by atoms with Gasteiger partial charge in [0.05, 0.1) is 30.2 Å². The number of hydrogen-bond donors (Lipinski definition) is 1. The molecule has 0 spiro atoms. The fraction of sp³-hybridized carbons (Fsp3) is 0.407. The highest BCUT2D eigenvalue weighted by molar-refractivity contribution is 7.89. The normalized spacial score (nSPS) is 17.5. The van der Waals surface area contributed by atoms with Gasteiger partial charge >= 0.3 is 0 Å². The number of carbonyl (C=O) groups is 2. The van der Waals surface area contributed by atoms with E-state index < -0.39 is 27.8 Å². The molecule has 0 saturated carbocycles. The van der Waals surface area contributed by atoms with E-state index in [2.05, 4.69) is 0 Å². The Kier molecular flexibility index (Phi) is 9.18. The van der Waals surface area contributed by atoms with E-state index >= 15 is 0 Å². The number of Topliss-reactive ketones (excluding diaryl/α,β-unsaturated/α-hetero) is 1. The lowest BCUT2D eigenvalue weighted by Crippen LogP contribution is -2.32. The van der Waals surface area contributed by atoms with Crippen LogP contribution >= 0.6 is 0 Å². The first-order valence-corrected chi connectivity index (χ1v) is 13.6. The van der Waals surface area contributed by atoms with Crippen molar-refractivity contribution in [3.05, 3.63) is 59.2 Å². The van der Waals surface area contributed by atoms with E-state index in [0.29, 0.717) is 43.2 Å². The van der Waals surface area contributed by atoms with Gasteiger partial charge in [-0.1, -0.05) is 6.07 Å². The summed E-state index contributed by atoms with van der Waals surface area (Å²) in [7, 11) is 4.51. The van der Waals surface area contributed by atoms with Crippen molar-refractivity contribution in [1.82, 2.24) is 14.1 Å². The van der Waals surface area contributed by atoms with Crippen LogP contribution in [0, 0.1) is 0 Å². The lowest BCUT2D eigenvalue weighted by Gasteiger charge is -2.26. The predicted molar refractivity (Wildman–Crippen MR) is 144 cm³/mol. The van der Waals surface area contributed by atoms with E-state index in [1.807, 2.05) is 25.9 Å². The second kappa shape index (κ2) is 12.0. The largest absolute Gasteiger partial charge is 0.507 e. The van der Waals surface area contributed by atoms with Crippen LogP contribution < -0.4 is 9.47 Å². The highest BCUT2D eigenvalue weighted by Crippen LogP contribution is 2.42. The molecule has 0 radical (unpaired) electrons. The molecule has 1 amide bonds. The number of methoxy groups -OCH3 is 1. The Labute approximate surface area is 224 Å². The van der Waals surface area contributed by atoms with Crippen molar-refractivity contribution in [1.29, 1.82) is 0 Å². The maximum atomic E-state index is 13.3. The smallest absolute Gasteiger partial charge is 0.295 e. The van der Waals surface area contributed by atoms with Gasteiger partial charge in [0.15, 0.2) is 11.5 Å². The average Bonchev–Trinajstić information content (AvgIpc) is 3.13. The zero-order chi connectivity index (χ0) is 28.2. The monoisotopic (exact) mass is 545 g/mol. The summed E-state index contributed by atoms with van der Waals surface area (Å²) in [6.45, 7) is 3.27. The number of likely N-dealkylation sites (tertiary alicyclic amines) is 1. The topological polar surface area (TPSA) is 117 Å². The maximum Gasteiger partial charge on any atom is 0.295 e. The average molecular weight is 546 g/mol. The molecular weight excluding hydrogens is 510 g/mol. The Morgan fingerprint density at radius 3 is 2.24 bits per heavy atom. The molecule has 2 aromatic carbocycles. The van der Waals surface area contributed by atoms with Crippen molar-refractivity contribution in [3.63, 3.8) is 0 Å². The van der Waals surface area contributed by atoms with Crippen LogP contribution in [0.3, 0.4) is 0 Å². The van der Waals surface area contributed by atoms with Crippen molar-refractivity contribution in [2.24, 2.45) is 0 Å². The molecule has 0 aromatic heterocycles. The van der Waals surface area contributed by atoms with Crippen LogP contribution in [0.4, 0.5) is 0 Å². The maximum absolute atomic E-state index is 13.3. The minimum Gasteiger partial charge on any atom is -0.507 e. The zero-order valence-corrected chi connectivity index (χ0v) is 23.4.